The maximum Gasteiger partial charge on any atom is 0.251 e. The minimum atomic E-state index is -3.95. The Morgan fingerprint density at radius 2 is 2.00 bits per heavy atom. The second kappa shape index (κ2) is 6.11. The largest absolute Gasteiger partial charge is 0.352 e. The van der Waals surface area contributed by atoms with Crippen molar-refractivity contribution in [1.29, 1.82) is 0 Å². The summed E-state index contributed by atoms with van der Waals surface area (Å²) in [5.41, 5.74) is 0.190. The highest BCUT2D eigenvalue weighted by Gasteiger charge is 2.19. The standard InChI is InChI=1S/C13H19ClN2O3S/c1-4-13(2,3)8-16-12(17)9-5-6-10(14)11(7-9)20(15,18)19/h5-7H,4,8H2,1-3H3,(H,16,17)(H2,15,18,19). The smallest absolute Gasteiger partial charge is 0.251 e. The molecule has 1 aromatic rings. The fraction of sp³-hybridized carbons (Fsp3) is 0.462. The summed E-state index contributed by atoms with van der Waals surface area (Å²) in [6, 6.07) is 4.00. The molecule has 5 nitrogen and oxygen atoms in total. The van der Waals surface area contributed by atoms with Gasteiger partial charge in [-0.2, -0.15) is 0 Å². The van der Waals surface area contributed by atoms with Crippen LogP contribution in [0.2, 0.25) is 5.02 Å². The van der Waals surface area contributed by atoms with Gasteiger partial charge in [-0.15, -0.1) is 0 Å². The minimum absolute atomic E-state index is 0.00191. The first-order chi connectivity index (χ1) is 9.07. The maximum atomic E-state index is 12.0. The lowest BCUT2D eigenvalue weighted by atomic mass is 9.90. The molecule has 0 saturated heterocycles. The van der Waals surface area contributed by atoms with Gasteiger partial charge in [0.15, 0.2) is 0 Å². The number of benzene rings is 1. The lowest BCUT2D eigenvalue weighted by molar-refractivity contribution is 0.0935. The molecule has 0 aliphatic rings. The first kappa shape index (κ1) is 16.9. The number of hydrogen-bond acceptors (Lipinski definition) is 3. The lowest BCUT2D eigenvalue weighted by Gasteiger charge is -2.22. The molecule has 0 heterocycles. The van der Waals surface area contributed by atoms with Crippen LogP contribution in [0.5, 0.6) is 0 Å². The summed E-state index contributed by atoms with van der Waals surface area (Å²) in [5, 5.41) is 7.82. The van der Waals surface area contributed by atoms with Crippen LogP contribution in [0, 0.1) is 5.41 Å². The van der Waals surface area contributed by atoms with Crippen LogP contribution in [0.4, 0.5) is 0 Å². The Morgan fingerprint density at radius 1 is 1.40 bits per heavy atom. The van der Waals surface area contributed by atoms with Crippen LogP contribution in [-0.2, 0) is 10.0 Å². The van der Waals surface area contributed by atoms with Crippen LogP contribution in [0.1, 0.15) is 37.6 Å². The van der Waals surface area contributed by atoms with Crippen LogP contribution >= 0.6 is 11.6 Å². The first-order valence-corrected chi connectivity index (χ1v) is 8.10. The number of sulfonamides is 1. The van der Waals surface area contributed by atoms with Crippen LogP contribution in [0.15, 0.2) is 23.1 Å². The summed E-state index contributed by atoms with van der Waals surface area (Å²) >= 11 is 5.77. The third-order valence-corrected chi connectivity index (χ3v) is 4.58. The second-order valence-electron chi connectivity index (χ2n) is 5.39. The number of amides is 1. The Hall–Kier alpha value is -1.11. The molecule has 0 aliphatic heterocycles. The third-order valence-electron chi connectivity index (χ3n) is 3.18. The van der Waals surface area contributed by atoms with Gasteiger partial charge in [-0.05, 0) is 30.0 Å². The summed E-state index contributed by atoms with van der Waals surface area (Å²) in [7, 11) is -3.95. The topological polar surface area (TPSA) is 89.3 Å². The molecule has 112 valence electrons. The van der Waals surface area contributed by atoms with E-state index >= 15 is 0 Å². The SMILES string of the molecule is CCC(C)(C)CNC(=O)c1ccc(Cl)c(S(N)(=O)=O)c1. The summed E-state index contributed by atoms with van der Waals surface area (Å²) in [5.74, 6) is -0.354. The van der Waals surface area contributed by atoms with E-state index in [1.165, 1.54) is 18.2 Å². The van der Waals surface area contributed by atoms with Gasteiger partial charge < -0.3 is 5.32 Å². The van der Waals surface area contributed by atoms with Gasteiger partial charge in [-0.1, -0.05) is 32.4 Å². The summed E-state index contributed by atoms with van der Waals surface area (Å²) in [6.45, 7) is 6.60. The van der Waals surface area contributed by atoms with Gasteiger partial charge in [-0.3, -0.25) is 4.79 Å². The van der Waals surface area contributed by atoms with Gasteiger partial charge in [0.2, 0.25) is 10.0 Å². The fourth-order valence-corrected chi connectivity index (χ4v) is 2.48. The van der Waals surface area contributed by atoms with Crippen molar-refractivity contribution in [1.82, 2.24) is 5.32 Å². The lowest BCUT2D eigenvalue weighted by Crippen LogP contribution is -2.33. The fourth-order valence-electron chi connectivity index (χ4n) is 1.41. The Morgan fingerprint density at radius 3 is 2.50 bits per heavy atom. The average molecular weight is 319 g/mol. The van der Waals surface area contributed by atoms with Crippen molar-refractivity contribution in [2.75, 3.05) is 6.54 Å². The molecule has 1 amide bonds. The molecule has 1 rings (SSSR count). The average Bonchev–Trinajstić information content (AvgIpc) is 2.35. The second-order valence-corrected chi connectivity index (χ2v) is 7.33. The van der Waals surface area contributed by atoms with E-state index in [2.05, 4.69) is 5.32 Å². The van der Waals surface area contributed by atoms with Crippen molar-refractivity contribution in [2.24, 2.45) is 10.6 Å². The number of rotatable bonds is 5. The molecule has 0 bridgehead atoms. The number of primary sulfonamides is 1. The molecule has 0 aromatic heterocycles. The molecule has 1 aromatic carbocycles. The molecule has 0 fully saturated rings. The van der Waals surface area contributed by atoms with Crippen molar-refractivity contribution >= 4 is 27.5 Å². The molecule has 0 spiro atoms. The van der Waals surface area contributed by atoms with Gasteiger partial charge in [0.1, 0.15) is 4.90 Å². The van der Waals surface area contributed by atoms with E-state index in [-0.39, 0.29) is 26.8 Å². The van der Waals surface area contributed by atoms with Gasteiger partial charge >= 0.3 is 0 Å². The number of nitrogens with one attached hydrogen (secondary N) is 1. The van der Waals surface area contributed by atoms with Gasteiger partial charge in [0.25, 0.3) is 5.91 Å². The molecule has 7 heteroatoms. The van der Waals surface area contributed by atoms with E-state index in [4.69, 9.17) is 16.7 Å². The van der Waals surface area contributed by atoms with E-state index in [9.17, 15) is 13.2 Å². The van der Waals surface area contributed by atoms with E-state index in [1.54, 1.807) is 0 Å². The van der Waals surface area contributed by atoms with Crippen molar-refractivity contribution in [3.05, 3.63) is 28.8 Å². The number of nitrogens with two attached hydrogens (primary N) is 1. The van der Waals surface area contributed by atoms with Crippen molar-refractivity contribution in [3.8, 4) is 0 Å². The van der Waals surface area contributed by atoms with Crippen LogP contribution in [0.3, 0.4) is 0 Å². The highest BCUT2D eigenvalue weighted by molar-refractivity contribution is 7.89. The zero-order valence-electron chi connectivity index (χ0n) is 11.7. The summed E-state index contributed by atoms with van der Waals surface area (Å²) in [4.78, 5) is 11.8. The molecule has 0 aliphatic carbocycles. The molecule has 3 N–H and O–H groups in total. The minimum Gasteiger partial charge on any atom is -0.352 e. The van der Waals surface area contributed by atoms with Crippen LogP contribution < -0.4 is 10.5 Å². The molecule has 0 atom stereocenters. The molecular weight excluding hydrogens is 300 g/mol. The van der Waals surface area contributed by atoms with E-state index in [0.717, 1.165) is 6.42 Å². The molecular formula is C13H19ClN2O3S. The monoisotopic (exact) mass is 318 g/mol. The normalized spacial score (nSPS) is 12.2. The van der Waals surface area contributed by atoms with E-state index in [1.807, 2.05) is 20.8 Å². The zero-order valence-corrected chi connectivity index (χ0v) is 13.3. The highest BCUT2D eigenvalue weighted by atomic mass is 35.5. The Labute approximate surface area is 124 Å². The third kappa shape index (κ3) is 4.47. The van der Waals surface area contributed by atoms with Crippen molar-refractivity contribution in [2.45, 2.75) is 32.1 Å². The highest BCUT2D eigenvalue weighted by Crippen LogP contribution is 2.22. The predicted molar refractivity (Wildman–Crippen MR) is 79.2 cm³/mol. The van der Waals surface area contributed by atoms with Gasteiger partial charge in [0, 0.05) is 12.1 Å². The maximum absolute atomic E-state index is 12.0. The van der Waals surface area contributed by atoms with Crippen LogP contribution in [0.25, 0.3) is 0 Å². The number of halogens is 1. The molecule has 0 unspecified atom stereocenters. The number of carbonyl (C=O) groups excluding carboxylic acids is 1. The Balaban J connectivity index is 2.96. The molecule has 0 radical (unpaired) electrons. The van der Waals surface area contributed by atoms with Gasteiger partial charge in [0.05, 0.1) is 5.02 Å². The van der Waals surface area contributed by atoms with Crippen LogP contribution in [-0.4, -0.2) is 20.9 Å². The van der Waals surface area contributed by atoms with Gasteiger partial charge in [-0.25, -0.2) is 13.6 Å². The number of carbonyl (C=O) groups is 1. The Kier molecular flexibility index (Phi) is 5.18. The Bertz CT molecular complexity index is 612. The quantitative estimate of drug-likeness (QED) is 0.871. The van der Waals surface area contributed by atoms with E-state index in [0.29, 0.717) is 6.54 Å². The molecule has 0 saturated carbocycles. The molecule has 20 heavy (non-hydrogen) atoms. The summed E-state index contributed by atoms with van der Waals surface area (Å²) < 4.78 is 22.7. The van der Waals surface area contributed by atoms with E-state index < -0.39 is 10.0 Å². The predicted octanol–water partition coefficient (Wildman–Crippen LogP) is 2.15. The first-order valence-electron chi connectivity index (χ1n) is 6.17. The zero-order chi connectivity index (χ0) is 15.6. The van der Waals surface area contributed by atoms with Crippen molar-refractivity contribution in [3.63, 3.8) is 0 Å². The van der Waals surface area contributed by atoms with Crippen molar-refractivity contribution < 1.29 is 13.2 Å². The number of hydrogen-bond donors (Lipinski definition) is 2. The summed E-state index contributed by atoms with van der Waals surface area (Å²) in [6.07, 6.45) is 0.913.